The number of aliphatic hydroxyl groups excluding tert-OH is 1. The number of hydrogen-bond donors (Lipinski definition) is 2. The molecule has 6 heteroatoms. The Hall–Kier alpha value is -3.77. The Morgan fingerprint density at radius 3 is 2.32 bits per heavy atom. The lowest BCUT2D eigenvalue weighted by Gasteiger charge is -2.43. The van der Waals surface area contributed by atoms with Gasteiger partial charge < -0.3 is 15.2 Å². The highest BCUT2D eigenvalue weighted by molar-refractivity contribution is 5.97. The second kappa shape index (κ2) is 9.23. The van der Waals surface area contributed by atoms with Gasteiger partial charge in [-0.05, 0) is 62.7 Å². The van der Waals surface area contributed by atoms with E-state index < -0.39 is 29.5 Å². The molecule has 0 fully saturated rings. The molecule has 1 amide bonds. The molecule has 1 aliphatic rings. The summed E-state index contributed by atoms with van der Waals surface area (Å²) in [6.45, 7) is 4.94. The molecule has 2 atom stereocenters. The smallest absolute Gasteiger partial charge is 0.251 e. The molecule has 0 saturated carbocycles. The molecular weight excluding hydrogens is 433 g/mol. The van der Waals surface area contributed by atoms with Crippen LogP contribution < -0.4 is 10.1 Å². The van der Waals surface area contributed by atoms with Gasteiger partial charge >= 0.3 is 0 Å². The molecule has 1 heterocycles. The van der Waals surface area contributed by atoms with Crippen LogP contribution in [0.5, 0.6) is 5.75 Å². The van der Waals surface area contributed by atoms with Crippen molar-refractivity contribution in [2.75, 3.05) is 0 Å². The Labute approximate surface area is 197 Å². The molecule has 3 aromatic rings. The van der Waals surface area contributed by atoms with Crippen LogP contribution in [-0.4, -0.2) is 28.5 Å². The van der Waals surface area contributed by atoms with E-state index in [9.17, 15) is 19.1 Å². The van der Waals surface area contributed by atoms with Crippen LogP contribution in [-0.2, 0) is 0 Å². The van der Waals surface area contributed by atoms with Gasteiger partial charge in [0.1, 0.15) is 23.3 Å². The molecule has 5 nitrogen and oxygen atoms in total. The predicted octanol–water partition coefficient (Wildman–Crippen LogP) is 5.20. The first-order valence-corrected chi connectivity index (χ1v) is 11.0. The number of Topliss-reactive ketones (excluding diaryl/α,β-unsaturated/α-hetero) is 1. The van der Waals surface area contributed by atoms with E-state index in [0.29, 0.717) is 22.4 Å². The van der Waals surface area contributed by atoms with Gasteiger partial charge in [0.2, 0.25) is 0 Å². The van der Waals surface area contributed by atoms with Crippen molar-refractivity contribution in [1.82, 2.24) is 5.32 Å². The van der Waals surface area contributed by atoms with E-state index in [2.05, 4.69) is 5.32 Å². The average Bonchev–Trinajstić information content (AvgIpc) is 2.81. The molecule has 1 aliphatic heterocycles. The Morgan fingerprint density at radius 1 is 1.00 bits per heavy atom. The van der Waals surface area contributed by atoms with Crippen molar-refractivity contribution in [2.45, 2.75) is 38.5 Å². The van der Waals surface area contributed by atoms with Crippen LogP contribution in [0.2, 0.25) is 0 Å². The van der Waals surface area contributed by atoms with Crippen LogP contribution in [0.4, 0.5) is 4.39 Å². The molecular formula is C28H26FNO4. The van der Waals surface area contributed by atoms with Crippen LogP contribution in [0.25, 0.3) is 12.2 Å². The number of halogens is 1. The molecule has 0 aliphatic carbocycles. The van der Waals surface area contributed by atoms with Crippen molar-refractivity contribution >= 4 is 23.8 Å². The lowest BCUT2D eigenvalue weighted by atomic mass is 9.84. The summed E-state index contributed by atoms with van der Waals surface area (Å²) in [6.07, 6.45) is 2.66. The summed E-state index contributed by atoms with van der Waals surface area (Å²) < 4.78 is 19.5. The Kier molecular flexibility index (Phi) is 6.35. The summed E-state index contributed by atoms with van der Waals surface area (Å²) in [5.41, 5.74) is 1.80. The van der Waals surface area contributed by atoms with Gasteiger partial charge in [0.25, 0.3) is 5.91 Å². The molecule has 0 spiro atoms. The van der Waals surface area contributed by atoms with E-state index in [-0.39, 0.29) is 11.3 Å². The Bertz CT molecular complexity index is 1250. The molecule has 34 heavy (non-hydrogen) atoms. The molecule has 0 saturated heterocycles. The molecule has 2 unspecified atom stereocenters. The summed E-state index contributed by atoms with van der Waals surface area (Å²) >= 11 is 0. The lowest BCUT2D eigenvalue weighted by molar-refractivity contribution is -0.0629. The second-order valence-corrected chi connectivity index (χ2v) is 8.89. The number of rotatable bonds is 5. The van der Waals surface area contributed by atoms with Crippen molar-refractivity contribution in [2.24, 2.45) is 0 Å². The number of carbonyl (C=O) groups is 2. The van der Waals surface area contributed by atoms with Crippen molar-refractivity contribution in [3.05, 3.63) is 100 Å². The predicted molar refractivity (Wildman–Crippen MR) is 129 cm³/mol. The summed E-state index contributed by atoms with van der Waals surface area (Å²) in [4.78, 5) is 25.2. The topological polar surface area (TPSA) is 75.6 Å². The molecule has 0 aromatic heterocycles. The van der Waals surface area contributed by atoms with Crippen LogP contribution in [0.15, 0.2) is 66.7 Å². The number of nitrogens with one attached hydrogen (secondary N) is 1. The number of ketones is 1. The van der Waals surface area contributed by atoms with Crippen molar-refractivity contribution in [1.29, 1.82) is 0 Å². The first-order chi connectivity index (χ1) is 16.2. The highest BCUT2D eigenvalue weighted by Crippen LogP contribution is 2.43. The van der Waals surface area contributed by atoms with E-state index >= 15 is 0 Å². The highest BCUT2D eigenvalue weighted by Gasteiger charge is 2.44. The van der Waals surface area contributed by atoms with Crippen LogP contribution in [0.3, 0.4) is 0 Å². The molecule has 3 aromatic carbocycles. The Balaban J connectivity index is 1.80. The zero-order chi connectivity index (χ0) is 24.5. The number of aliphatic hydroxyl groups is 1. The maximum absolute atomic E-state index is 13.3. The van der Waals surface area contributed by atoms with Gasteiger partial charge in [-0.15, -0.1) is 0 Å². The normalized spacial score (nSPS) is 18.7. The maximum atomic E-state index is 13.3. The van der Waals surface area contributed by atoms with Crippen LogP contribution in [0, 0.1) is 5.82 Å². The molecule has 2 N–H and O–H groups in total. The van der Waals surface area contributed by atoms with Crippen molar-refractivity contribution < 1.29 is 23.8 Å². The van der Waals surface area contributed by atoms with E-state index in [0.717, 1.165) is 5.56 Å². The Morgan fingerprint density at radius 2 is 1.68 bits per heavy atom. The van der Waals surface area contributed by atoms with Crippen LogP contribution >= 0.6 is 0 Å². The first kappa shape index (κ1) is 23.4. The SMILES string of the molecule is CC(=O)c1cc(/C=C/c2ccccc2)c2c(c1)C(NC(=O)c1ccc(F)cc1)C(O)C(C)(C)O2. The third-order valence-electron chi connectivity index (χ3n) is 5.93. The fourth-order valence-electron chi connectivity index (χ4n) is 3.98. The maximum Gasteiger partial charge on any atom is 0.251 e. The number of fused-ring (bicyclic) bond motifs is 1. The van der Waals surface area contributed by atoms with E-state index in [1.54, 1.807) is 26.0 Å². The number of amides is 1. The summed E-state index contributed by atoms with van der Waals surface area (Å²) in [7, 11) is 0. The fraction of sp³-hybridized carbons (Fsp3) is 0.214. The van der Waals surface area contributed by atoms with E-state index in [1.165, 1.54) is 31.2 Å². The largest absolute Gasteiger partial charge is 0.484 e. The van der Waals surface area contributed by atoms with Gasteiger partial charge in [0, 0.05) is 22.3 Å². The number of benzene rings is 3. The van der Waals surface area contributed by atoms with Gasteiger partial charge in [-0.3, -0.25) is 9.59 Å². The fourth-order valence-corrected chi connectivity index (χ4v) is 3.98. The highest BCUT2D eigenvalue weighted by atomic mass is 19.1. The number of hydrogen-bond acceptors (Lipinski definition) is 4. The summed E-state index contributed by atoms with van der Waals surface area (Å²) in [6, 6.07) is 17.4. The van der Waals surface area contributed by atoms with Crippen molar-refractivity contribution in [3.63, 3.8) is 0 Å². The zero-order valence-corrected chi connectivity index (χ0v) is 19.2. The summed E-state index contributed by atoms with van der Waals surface area (Å²) in [5.74, 6) is -0.589. The van der Waals surface area contributed by atoms with Gasteiger partial charge in [-0.1, -0.05) is 42.5 Å². The lowest BCUT2D eigenvalue weighted by Crippen LogP contribution is -2.53. The molecule has 4 rings (SSSR count). The monoisotopic (exact) mass is 459 g/mol. The minimum Gasteiger partial charge on any atom is -0.484 e. The second-order valence-electron chi connectivity index (χ2n) is 8.89. The minimum atomic E-state index is -1.10. The molecule has 0 bridgehead atoms. The average molecular weight is 460 g/mol. The minimum absolute atomic E-state index is 0.153. The summed E-state index contributed by atoms with van der Waals surface area (Å²) in [5, 5.41) is 14.0. The van der Waals surface area contributed by atoms with Gasteiger partial charge in [0.15, 0.2) is 5.78 Å². The van der Waals surface area contributed by atoms with E-state index in [1.807, 2.05) is 42.5 Å². The zero-order valence-electron chi connectivity index (χ0n) is 19.2. The van der Waals surface area contributed by atoms with Gasteiger partial charge in [0.05, 0.1) is 6.04 Å². The third-order valence-corrected chi connectivity index (χ3v) is 5.93. The number of ether oxygens (including phenoxy) is 1. The third kappa shape index (κ3) is 4.77. The first-order valence-electron chi connectivity index (χ1n) is 11.0. The molecule has 0 radical (unpaired) electrons. The van der Waals surface area contributed by atoms with Gasteiger partial charge in [-0.25, -0.2) is 4.39 Å². The quantitative estimate of drug-likeness (QED) is 0.406. The van der Waals surface area contributed by atoms with E-state index in [4.69, 9.17) is 4.74 Å². The number of carbonyl (C=O) groups excluding carboxylic acids is 2. The van der Waals surface area contributed by atoms with Crippen LogP contribution in [0.1, 0.15) is 64.2 Å². The standard InChI is InChI=1S/C28H26FNO4/c1-17(31)21-15-20(10-9-18-7-5-4-6-8-18)25-23(16-21)24(26(32)28(2,3)34-25)30-27(33)19-11-13-22(29)14-12-19/h4-16,24,26,32H,1-3H3,(H,30,33)/b10-9+. The van der Waals surface area contributed by atoms with Gasteiger partial charge in [-0.2, -0.15) is 0 Å². The molecule has 174 valence electrons. The van der Waals surface area contributed by atoms with Crippen molar-refractivity contribution in [3.8, 4) is 5.75 Å².